The Morgan fingerprint density at radius 3 is 2.46 bits per heavy atom. The van der Waals surface area contributed by atoms with Gasteiger partial charge in [-0.1, -0.05) is 62.4 Å². The van der Waals surface area contributed by atoms with Crippen LogP contribution in [-0.4, -0.2) is 26.1 Å². The minimum absolute atomic E-state index is 0.0137. The molecule has 0 radical (unpaired) electrons. The van der Waals surface area contributed by atoms with E-state index >= 15 is 0 Å². The molecule has 0 saturated carbocycles. The summed E-state index contributed by atoms with van der Waals surface area (Å²) in [5, 5.41) is 2.38. The number of carbonyl (C=O) groups is 1. The molecular weight excluding hydrogens is 346 g/mol. The summed E-state index contributed by atoms with van der Waals surface area (Å²) in [4.78, 5) is 12.1. The van der Waals surface area contributed by atoms with E-state index in [4.69, 9.17) is 11.6 Å². The molecule has 0 aliphatic carbocycles. The summed E-state index contributed by atoms with van der Waals surface area (Å²) in [6.07, 6.45) is 5.39. The first-order valence-corrected chi connectivity index (χ1v) is 10.6. The number of sulfone groups is 1. The highest BCUT2D eigenvalue weighted by Crippen LogP contribution is 2.28. The number of halogens is 1. The van der Waals surface area contributed by atoms with Crippen molar-refractivity contribution in [3.05, 3.63) is 34.9 Å². The molecule has 0 heterocycles. The van der Waals surface area contributed by atoms with Crippen molar-refractivity contribution in [1.82, 2.24) is 5.32 Å². The largest absolute Gasteiger partial charge is 0.353 e. The Bertz CT molecular complexity index is 631. The van der Waals surface area contributed by atoms with E-state index in [9.17, 15) is 13.2 Å². The van der Waals surface area contributed by atoms with Gasteiger partial charge in [-0.15, -0.1) is 0 Å². The Balaban J connectivity index is 2.57. The molecule has 0 saturated heterocycles. The van der Waals surface area contributed by atoms with Crippen LogP contribution in [0.5, 0.6) is 0 Å². The zero-order chi connectivity index (χ0) is 18.2. The quantitative estimate of drug-likeness (QED) is 0.622. The molecule has 1 amide bonds. The fourth-order valence-corrected chi connectivity index (χ4v) is 4.23. The number of unbranched alkanes of at least 4 members (excludes halogenated alkanes) is 3. The molecule has 6 heteroatoms. The Kier molecular flexibility index (Phi) is 8.78. The first-order chi connectivity index (χ1) is 11.3. The van der Waals surface area contributed by atoms with Gasteiger partial charge in [-0.2, -0.15) is 0 Å². The fourth-order valence-electron chi connectivity index (χ4n) is 2.57. The van der Waals surface area contributed by atoms with Gasteiger partial charge in [-0.25, -0.2) is 8.42 Å². The van der Waals surface area contributed by atoms with Crippen LogP contribution in [0.1, 0.15) is 63.7 Å². The SMILES string of the molecule is CCCCCC[C@@H](C)NC(=O)CS(=O)(=O)[C@H](C)c1ccccc1Cl. The first kappa shape index (κ1) is 21.0. The van der Waals surface area contributed by atoms with E-state index in [1.807, 2.05) is 6.92 Å². The number of benzene rings is 1. The Hall–Kier alpha value is -1.07. The van der Waals surface area contributed by atoms with E-state index in [1.165, 1.54) is 12.8 Å². The van der Waals surface area contributed by atoms with Gasteiger partial charge in [0, 0.05) is 11.1 Å². The highest BCUT2D eigenvalue weighted by molar-refractivity contribution is 7.92. The van der Waals surface area contributed by atoms with Crippen LogP contribution in [-0.2, 0) is 14.6 Å². The molecule has 0 aromatic heterocycles. The van der Waals surface area contributed by atoms with Crippen LogP contribution < -0.4 is 5.32 Å². The van der Waals surface area contributed by atoms with Crippen LogP contribution in [0.15, 0.2) is 24.3 Å². The van der Waals surface area contributed by atoms with Crippen molar-refractivity contribution in [2.45, 2.75) is 64.2 Å². The maximum atomic E-state index is 12.5. The summed E-state index contributed by atoms with van der Waals surface area (Å²) >= 11 is 6.06. The Labute approximate surface area is 150 Å². The predicted octanol–water partition coefficient (Wildman–Crippen LogP) is 4.29. The van der Waals surface area contributed by atoms with Crippen LogP contribution in [0.3, 0.4) is 0 Å². The van der Waals surface area contributed by atoms with E-state index in [0.29, 0.717) is 10.6 Å². The second kappa shape index (κ2) is 10.0. The first-order valence-electron chi connectivity index (χ1n) is 8.53. The molecule has 0 spiro atoms. The number of amides is 1. The zero-order valence-corrected chi connectivity index (χ0v) is 16.3. The molecule has 1 rings (SSSR count). The topological polar surface area (TPSA) is 63.2 Å². The molecule has 0 bridgehead atoms. The molecule has 2 atom stereocenters. The number of hydrogen-bond acceptors (Lipinski definition) is 3. The van der Waals surface area contributed by atoms with Crippen LogP contribution in [0.4, 0.5) is 0 Å². The third-order valence-corrected chi connectivity index (χ3v) is 6.45. The van der Waals surface area contributed by atoms with E-state index in [0.717, 1.165) is 19.3 Å². The lowest BCUT2D eigenvalue weighted by Gasteiger charge is -2.17. The molecule has 0 fully saturated rings. The lowest BCUT2D eigenvalue weighted by atomic mass is 10.1. The molecule has 1 N–H and O–H groups in total. The van der Waals surface area contributed by atoms with Gasteiger partial charge < -0.3 is 5.32 Å². The average Bonchev–Trinajstić information content (AvgIpc) is 2.50. The van der Waals surface area contributed by atoms with Crippen molar-refractivity contribution < 1.29 is 13.2 Å². The van der Waals surface area contributed by atoms with Gasteiger partial charge in [0.15, 0.2) is 9.84 Å². The average molecular weight is 374 g/mol. The van der Waals surface area contributed by atoms with Crippen LogP contribution in [0, 0.1) is 0 Å². The van der Waals surface area contributed by atoms with Gasteiger partial charge >= 0.3 is 0 Å². The van der Waals surface area contributed by atoms with Crippen molar-refractivity contribution in [3.63, 3.8) is 0 Å². The smallest absolute Gasteiger partial charge is 0.235 e. The van der Waals surface area contributed by atoms with Crippen molar-refractivity contribution >= 4 is 27.3 Å². The highest BCUT2D eigenvalue weighted by atomic mass is 35.5. The van der Waals surface area contributed by atoms with Crippen molar-refractivity contribution in [1.29, 1.82) is 0 Å². The monoisotopic (exact) mass is 373 g/mol. The Morgan fingerprint density at radius 1 is 1.17 bits per heavy atom. The molecule has 0 aliphatic heterocycles. The number of hydrogen-bond donors (Lipinski definition) is 1. The molecule has 0 unspecified atom stereocenters. The minimum Gasteiger partial charge on any atom is -0.353 e. The molecule has 1 aromatic carbocycles. The third-order valence-electron chi connectivity index (χ3n) is 4.11. The number of carbonyl (C=O) groups excluding carboxylic acids is 1. The highest BCUT2D eigenvalue weighted by Gasteiger charge is 2.27. The maximum Gasteiger partial charge on any atom is 0.235 e. The second-order valence-electron chi connectivity index (χ2n) is 6.29. The zero-order valence-electron chi connectivity index (χ0n) is 14.7. The van der Waals surface area contributed by atoms with Crippen LogP contribution in [0.2, 0.25) is 5.02 Å². The third kappa shape index (κ3) is 6.81. The summed E-state index contributed by atoms with van der Waals surface area (Å²) in [5.74, 6) is -0.963. The number of nitrogens with one attached hydrogen (secondary N) is 1. The summed E-state index contributed by atoms with van der Waals surface area (Å²) in [6, 6.07) is 6.81. The van der Waals surface area contributed by atoms with Crippen LogP contribution >= 0.6 is 11.6 Å². The molecule has 4 nitrogen and oxygen atoms in total. The summed E-state index contributed by atoms with van der Waals surface area (Å²) in [5.41, 5.74) is 0.527. The normalized spacial score (nSPS) is 14.2. The predicted molar refractivity (Wildman–Crippen MR) is 100 cm³/mol. The minimum atomic E-state index is -3.61. The van der Waals surface area contributed by atoms with E-state index in [1.54, 1.807) is 31.2 Å². The maximum absolute atomic E-state index is 12.5. The lowest BCUT2D eigenvalue weighted by molar-refractivity contribution is -0.119. The standard InChI is InChI=1S/C18H28ClNO3S/c1-4-5-6-7-10-14(2)20-18(21)13-24(22,23)15(3)16-11-8-9-12-17(16)19/h8-9,11-12,14-15H,4-7,10,13H2,1-3H3,(H,20,21)/t14-,15-/m1/s1. The van der Waals surface area contributed by atoms with Gasteiger partial charge in [0.1, 0.15) is 5.75 Å². The summed E-state index contributed by atoms with van der Waals surface area (Å²) < 4.78 is 24.9. The molecule has 1 aromatic rings. The molecule has 0 aliphatic rings. The fraction of sp³-hybridized carbons (Fsp3) is 0.611. The summed E-state index contributed by atoms with van der Waals surface area (Å²) in [7, 11) is -3.61. The lowest BCUT2D eigenvalue weighted by Crippen LogP contribution is -2.37. The number of rotatable bonds is 10. The molecular formula is C18H28ClNO3S. The Morgan fingerprint density at radius 2 is 1.83 bits per heavy atom. The van der Waals surface area contributed by atoms with Gasteiger partial charge in [0.25, 0.3) is 0 Å². The van der Waals surface area contributed by atoms with Crippen molar-refractivity contribution in [2.75, 3.05) is 5.75 Å². The summed E-state index contributed by atoms with van der Waals surface area (Å²) in [6.45, 7) is 5.63. The van der Waals surface area contributed by atoms with E-state index < -0.39 is 26.7 Å². The van der Waals surface area contributed by atoms with Crippen molar-refractivity contribution in [3.8, 4) is 0 Å². The van der Waals surface area contributed by atoms with Crippen LogP contribution in [0.25, 0.3) is 0 Å². The molecule has 136 valence electrons. The van der Waals surface area contributed by atoms with Gasteiger partial charge in [0.2, 0.25) is 5.91 Å². The molecule has 24 heavy (non-hydrogen) atoms. The van der Waals surface area contributed by atoms with Gasteiger partial charge in [-0.3, -0.25) is 4.79 Å². The van der Waals surface area contributed by atoms with E-state index in [2.05, 4.69) is 12.2 Å². The van der Waals surface area contributed by atoms with Gasteiger partial charge in [-0.05, 0) is 31.9 Å². The second-order valence-corrected chi connectivity index (χ2v) is 9.02. The van der Waals surface area contributed by atoms with Crippen molar-refractivity contribution in [2.24, 2.45) is 0 Å². The van der Waals surface area contributed by atoms with E-state index in [-0.39, 0.29) is 6.04 Å². The van der Waals surface area contributed by atoms with Gasteiger partial charge in [0.05, 0.1) is 5.25 Å².